The van der Waals surface area contributed by atoms with Crippen molar-refractivity contribution in [3.05, 3.63) is 0 Å². The van der Waals surface area contributed by atoms with Gasteiger partial charge >= 0.3 is 5.97 Å². The minimum absolute atomic E-state index is 0.0918. The molecular formula is C73H134N2O32. The van der Waals surface area contributed by atoms with Crippen molar-refractivity contribution in [3.8, 4) is 0 Å². The Hall–Kier alpha value is -2.71. The third-order valence-electron chi connectivity index (χ3n) is 21.0. The van der Waals surface area contributed by atoms with Crippen molar-refractivity contribution in [1.82, 2.24) is 10.6 Å². The second-order valence-corrected chi connectivity index (χ2v) is 30.3. The summed E-state index contributed by atoms with van der Waals surface area (Å²) in [6.45, 7) is 1.81. The van der Waals surface area contributed by atoms with E-state index in [0.717, 1.165) is 77.6 Å². The van der Waals surface area contributed by atoms with Gasteiger partial charge in [-0.15, -0.1) is 0 Å². The van der Waals surface area contributed by atoms with E-state index < -0.39 is 241 Å². The fraction of sp³-hybridized carbons (Fsp3) is 0.959. The summed E-state index contributed by atoms with van der Waals surface area (Å²) in [5, 5.41) is 215. The first-order chi connectivity index (χ1) is 51.1. The van der Waals surface area contributed by atoms with E-state index in [0.29, 0.717) is 18.8 Å². The zero-order valence-electron chi connectivity index (χ0n) is 63.0. The molecule has 0 aromatic carbocycles. The molecule has 5 aliphatic heterocycles. The third kappa shape index (κ3) is 29.6. The lowest BCUT2D eigenvalue weighted by molar-refractivity contribution is -0.394. The zero-order chi connectivity index (χ0) is 78.9. The maximum atomic E-state index is 13.8. The van der Waals surface area contributed by atoms with Gasteiger partial charge in [0.25, 0.3) is 5.79 Å². The molecule has 0 spiro atoms. The summed E-state index contributed by atoms with van der Waals surface area (Å²) in [4.78, 5) is 40.4. The van der Waals surface area contributed by atoms with Crippen molar-refractivity contribution in [2.24, 2.45) is 5.92 Å². The SMILES string of the molecule is CCCCCCCCCCCCCCCCCCCCC(O)C(=O)NC(COC1OC(CO)C(OC2OC(CO)C(O)C(OC3(C(=O)O)CC(OC4OC(CO)C(OC5OCC(O)C(O)C5O)C(O)C4O)C(NC(C)=O)C(C(O)C(O)CO)O3)C2O)C(O)C1O)C(O)C(O)CCCCCCCCCCC(C)C. The Morgan fingerprint density at radius 3 is 1.44 bits per heavy atom. The van der Waals surface area contributed by atoms with Crippen LogP contribution in [-0.2, 0) is 61.8 Å². The van der Waals surface area contributed by atoms with Gasteiger partial charge in [-0.2, -0.15) is 0 Å². The van der Waals surface area contributed by atoms with E-state index in [1.165, 1.54) is 89.9 Å². The van der Waals surface area contributed by atoms with E-state index in [2.05, 4.69) is 31.4 Å². The first-order valence-electron chi connectivity index (χ1n) is 39.4. The Morgan fingerprint density at radius 2 is 0.953 bits per heavy atom. The number of aliphatic hydroxyl groups is 18. The van der Waals surface area contributed by atoms with Gasteiger partial charge in [-0.25, -0.2) is 4.79 Å². The first kappa shape index (κ1) is 94.9. The van der Waals surface area contributed by atoms with Gasteiger partial charge in [-0.1, -0.05) is 194 Å². The highest BCUT2D eigenvalue weighted by Crippen LogP contribution is 2.41. The van der Waals surface area contributed by atoms with Crippen LogP contribution in [0.1, 0.15) is 220 Å². The maximum Gasteiger partial charge on any atom is 0.364 e. The van der Waals surface area contributed by atoms with E-state index in [9.17, 15) is 111 Å². The lowest BCUT2D eigenvalue weighted by atomic mass is 9.87. The van der Waals surface area contributed by atoms with Gasteiger partial charge in [0.05, 0.1) is 63.9 Å². The van der Waals surface area contributed by atoms with Crippen molar-refractivity contribution in [2.75, 3.05) is 39.6 Å². The number of unbranched alkanes of at least 4 members (excludes halogenated alkanes) is 24. The number of hydrogen-bond acceptors (Lipinski definition) is 31. The van der Waals surface area contributed by atoms with E-state index in [1.54, 1.807) is 0 Å². The Kier molecular flexibility index (Phi) is 44.2. The van der Waals surface area contributed by atoms with Crippen LogP contribution in [-0.4, -0.2) is 332 Å². The van der Waals surface area contributed by atoms with Gasteiger partial charge in [-0.05, 0) is 18.8 Å². The Morgan fingerprint density at radius 1 is 0.505 bits per heavy atom. The van der Waals surface area contributed by atoms with Gasteiger partial charge in [-0.3, -0.25) is 9.59 Å². The lowest BCUT2D eigenvalue weighted by Gasteiger charge is -2.52. The van der Waals surface area contributed by atoms with Gasteiger partial charge in [0.15, 0.2) is 25.2 Å². The highest BCUT2D eigenvalue weighted by atomic mass is 16.8. The van der Waals surface area contributed by atoms with Crippen LogP contribution in [0.4, 0.5) is 0 Å². The highest BCUT2D eigenvalue weighted by Gasteiger charge is 2.62. The molecule has 628 valence electrons. The molecular weight excluding hydrogens is 1420 g/mol. The van der Waals surface area contributed by atoms with Crippen LogP contribution in [0.3, 0.4) is 0 Å². The fourth-order valence-corrected chi connectivity index (χ4v) is 14.4. The van der Waals surface area contributed by atoms with Crippen LogP contribution in [0.2, 0.25) is 0 Å². The topological polar surface area (TPSA) is 552 Å². The van der Waals surface area contributed by atoms with Crippen molar-refractivity contribution in [1.29, 1.82) is 0 Å². The molecule has 0 radical (unpaired) electrons. The molecule has 29 unspecified atom stereocenters. The summed E-state index contributed by atoms with van der Waals surface area (Å²) in [7, 11) is 0. The number of aliphatic hydroxyl groups excluding tert-OH is 18. The fourth-order valence-electron chi connectivity index (χ4n) is 14.4. The molecule has 29 atom stereocenters. The predicted octanol–water partition coefficient (Wildman–Crippen LogP) is -1.36. The maximum absolute atomic E-state index is 13.8. The molecule has 34 heteroatoms. The average Bonchev–Trinajstić information content (AvgIpc) is 0.745. The molecule has 5 rings (SSSR count). The Balaban J connectivity index is 1.27. The van der Waals surface area contributed by atoms with Crippen LogP contribution in [0.15, 0.2) is 0 Å². The van der Waals surface area contributed by atoms with Crippen LogP contribution in [0, 0.1) is 5.92 Å². The number of hydrogen-bond donors (Lipinski definition) is 21. The molecule has 5 fully saturated rings. The zero-order valence-corrected chi connectivity index (χ0v) is 63.0. The number of carbonyl (C=O) groups is 3. The molecule has 5 aliphatic rings. The van der Waals surface area contributed by atoms with Crippen molar-refractivity contribution >= 4 is 17.8 Å². The molecule has 5 heterocycles. The molecule has 34 nitrogen and oxygen atoms in total. The Labute approximate surface area is 628 Å². The van der Waals surface area contributed by atoms with E-state index in [1.807, 2.05) is 0 Å². The van der Waals surface area contributed by atoms with Gasteiger partial charge in [0, 0.05) is 13.3 Å². The van der Waals surface area contributed by atoms with Gasteiger partial charge in [0.2, 0.25) is 11.8 Å². The summed E-state index contributed by atoms with van der Waals surface area (Å²) >= 11 is 0. The second-order valence-electron chi connectivity index (χ2n) is 30.3. The standard InChI is InChI=1S/C73H134N2O32/c1-5-6-7-8-9-10-11-12-13-14-15-16-17-18-19-24-27-30-33-45(82)67(95)75-43(53(85)44(81)32-29-26-23-21-20-22-25-28-31-41(2)3)39-98-68-60(92)57(89)64(50(37-78)102-68)105-71-62(94)66(56(88)49(36-77)101-71)107-73(72(96)97)34-48(52(74-42(4)80)65(106-73)55(87)46(83)35-76)100-70-61(93)58(90)63(51(38-79)103-70)104-69-59(91)54(86)47(84)40-99-69/h41,43-66,68-71,76-79,81-94H,5-40H2,1-4H3,(H,74,80)(H,75,95)(H,96,97). The average molecular weight is 1550 g/mol. The third-order valence-corrected chi connectivity index (χ3v) is 21.0. The summed E-state index contributed by atoms with van der Waals surface area (Å²) in [6, 6.07) is -3.33. The number of rotatable bonds is 53. The smallest absolute Gasteiger partial charge is 0.364 e. The monoisotopic (exact) mass is 1550 g/mol. The van der Waals surface area contributed by atoms with Crippen LogP contribution in [0.5, 0.6) is 0 Å². The summed E-state index contributed by atoms with van der Waals surface area (Å²) < 4.78 is 58.0. The Bertz CT molecular complexity index is 2410. The van der Waals surface area contributed by atoms with Crippen LogP contribution >= 0.6 is 0 Å². The lowest BCUT2D eigenvalue weighted by Crippen LogP contribution is -2.72. The molecule has 0 aliphatic carbocycles. The minimum atomic E-state index is -3.40. The number of nitrogens with one attached hydrogen (secondary N) is 2. The molecule has 21 N–H and O–H groups in total. The van der Waals surface area contributed by atoms with Crippen LogP contribution < -0.4 is 10.6 Å². The quantitative estimate of drug-likeness (QED) is 0.0313. The number of carboxylic acid groups (broad SMARTS) is 1. The molecule has 0 aromatic heterocycles. The number of carbonyl (C=O) groups excluding carboxylic acids is 2. The molecule has 0 bridgehead atoms. The summed E-state index contributed by atoms with van der Waals surface area (Å²) in [6.07, 6.45) is -23.4. The number of carboxylic acids is 1. The molecule has 0 saturated carbocycles. The van der Waals surface area contributed by atoms with E-state index >= 15 is 0 Å². The predicted molar refractivity (Wildman–Crippen MR) is 377 cm³/mol. The number of amides is 2. The second kappa shape index (κ2) is 49.8. The number of ether oxygens (including phenoxy) is 10. The largest absolute Gasteiger partial charge is 0.477 e. The first-order valence-corrected chi connectivity index (χ1v) is 39.4. The van der Waals surface area contributed by atoms with Crippen LogP contribution in [0.25, 0.3) is 0 Å². The summed E-state index contributed by atoms with van der Waals surface area (Å²) in [5.74, 6) is -6.72. The van der Waals surface area contributed by atoms with E-state index in [-0.39, 0.29) is 12.8 Å². The molecule has 2 amide bonds. The molecule has 5 saturated heterocycles. The minimum Gasteiger partial charge on any atom is -0.477 e. The molecule has 107 heavy (non-hydrogen) atoms. The van der Waals surface area contributed by atoms with Gasteiger partial charge in [0.1, 0.15) is 122 Å². The molecule has 0 aromatic rings. The highest BCUT2D eigenvalue weighted by molar-refractivity contribution is 5.80. The van der Waals surface area contributed by atoms with Crippen molar-refractivity contribution in [3.63, 3.8) is 0 Å². The number of aliphatic carboxylic acids is 1. The van der Waals surface area contributed by atoms with Crippen molar-refractivity contribution in [2.45, 2.75) is 398 Å². The summed E-state index contributed by atoms with van der Waals surface area (Å²) in [5.41, 5.74) is 0. The van der Waals surface area contributed by atoms with Crippen molar-refractivity contribution < 1.29 is 159 Å². The van der Waals surface area contributed by atoms with Gasteiger partial charge < -0.3 is 155 Å². The normalized spacial score (nSPS) is 34.6. The van der Waals surface area contributed by atoms with E-state index in [4.69, 9.17) is 47.4 Å².